The molecule has 0 saturated carbocycles. The minimum Gasteiger partial charge on any atom is -0.494 e. The van der Waals surface area contributed by atoms with E-state index in [-0.39, 0.29) is 28.4 Å². The van der Waals surface area contributed by atoms with Crippen molar-refractivity contribution in [1.29, 1.82) is 0 Å². The lowest BCUT2D eigenvalue weighted by Gasteiger charge is -2.21. The molecule has 6 rings (SSSR count). The molecular weight excluding hydrogens is 608 g/mol. The highest BCUT2D eigenvalue weighted by Gasteiger charge is 2.27. The molecule has 3 aromatic carbocycles. The summed E-state index contributed by atoms with van der Waals surface area (Å²) in [5, 5.41) is 3.47. The minimum absolute atomic E-state index is 0.192. The van der Waals surface area contributed by atoms with Crippen LogP contribution in [0.15, 0.2) is 77.2 Å². The third-order valence-electron chi connectivity index (χ3n) is 7.30. The van der Waals surface area contributed by atoms with Crippen LogP contribution in [0.5, 0.6) is 5.75 Å². The number of nitrogens with one attached hydrogen (secondary N) is 1. The number of amides is 1. The summed E-state index contributed by atoms with van der Waals surface area (Å²) >= 11 is 1.34. The molecule has 0 radical (unpaired) electrons. The van der Waals surface area contributed by atoms with E-state index in [0.29, 0.717) is 43.9 Å². The number of thiophene rings is 1. The number of hydrogen-bond donors (Lipinski definition) is 1. The number of aromatic nitrogens is 1. The first kappa shape index (κ1) is 29.3. The largest absolute Gasteiger partial charge is 0.494 e. The van der Waals surface area contributed by atoms with Crippen LogP contribution in [0.3, 0.4) is 0 Å². The predicted molar refractivity (Wildman–Crippen MR) is 169 cm³/mol. The Morgan fingerprint density at radius 3 is 2.43 bits per heavy atom. The molecule has 12 heteroatoms. The van der Waals surface area contributed by atoms with Gasteiger partial charge in [0.2, 0.25) is 10.0 Å². The summed E-state index contributed by atoms with van der Waals surface area (Å²) in [6.07, 6.45) is 1.07. The van der Waals surface area contributed by atoms with Gasteiger partial charge in [-0.2, -0.15) is 0 Å². The number of pyridine rings is 1. The summed E-state index contributed by atoms with van der Waals surface area (Å²) < 4.78 is 67.4. The predicted octanol–water partition coefficient (Wildman–Crippen LogP) is 7.09. The van der Waals surface area contributed by atoms with Crippen LogP contribution < -0.4 is 14.4 Å². The third-order valence-corrected chi connectivity index (χ3v) is 9.60. The summed E-state index contributed by atoms with van der Waals surface area (Å²) in [5.74, 6) is -0.628. The quantitative estimate of drug-likeness (QED) is 0.202. The molecule has 0 bridgehead atoms. The first-order valence-corrected chi connectivity index (χ1v) is 15.9. The fraction of sp³-hybridized carbons (Fsp3) is 0.125. The highest BCUT2D eigenvalue weighted by atomic mass is 32.2. The van der Waals surface area contributed by atoms with E-state index >= 15 is 0 Å². The Kier molecular flexibility index (Phi) is 7.34. The maximum absolute atomic E-state index is 14.6. The topological polar surface area (TPSA) is 102 Å². The highest BCUT2D eigenvalue weighted by Crippen LogP contribution is 2.43. The molecule has 0 spiro atoms. The standard InChI is InChI=1S/C32H25F2N3O5S2/c1-35-32(38)29-21-14-20(23-12-13-25(41-3)30(36-23)28-15-19-22(34)6-5-7-27(19)43-28)24(37(2)44(4,39)40)16-26(21)42-31(29)17-8-10-18(33)11-9-17/h5-16H,1-4H3,(H,35,38). The Balaban J connectivity index is 1.64. The maximum Gasteiger partial charge on any atom is 0.255 e. The Morgan fingerprint density at radius 1 is 1.02 bits per heavy atom. The zero-order chi connectivity index (χ0) is 31.3. The van der Waals surface area contributed by atoms with Crippen LogP contribution in [0.1, 0.15) is 10.4 Å². The van der Waals surface area contributed by atoms with Crippen LogP contribution >= 0.6 is 11.3 Å². The fourth-order valence-electron chi connectivity index (χ4n) is 5.01. The molecule has 6 aromatic rings. The van der Waals surface area contributed by atoms with Crippen LogP contribution in [-0.4, -0.2) is 46.8 Å². The maximum atomic E-state index is 14.6. The first-order valence-electron chi connectivity index (χ1n) is 13.3. The second-order valence-electron chi connectivity index (χ2n) is 10.00. The van der Waals surface area contributed by atoms with Gasteiger partial charge in [-0.05, 0) is 60.7 Å². The van der Waals surface area contributed by atoms with Crippen molar-refractivity contribution in [3.8, 4) is 38.9 Å². The van der Waals surface area contributed by atoms with Crippen molar-refractivity contribution in [3.63, 3.8) is 0 Å². The van der Waals surface area contributed by atoms with E-state index in [1.54, 1.807) is 30.3 Å². The molecule has 0 unspecified atom stereocenters. The molecule has 3 heterocycles. The van der Waals surface area contributed by atoms with Crippen molar-refractivity contribution < 1.29 is 31.1 Å². The van der Waals surface area contributed by atoms with Crippen LogP contribution in [0.25, 0.3) is 54.2 Å². The van der Waals surface area contributed by atoms with Gasteiger partial charge < -0.3 is 14.5 Å². The van der Waals surface area contributed by atoms with Gasteiger partial charge in [-0.25, -0.2) is 22.2 Å². The van der Waals surface area contributed by atoms with E-state index in [4.69, 9.17) is 14.1 Å². The van der Waals surface area contributed by atoms with Gasteiger partial charge in [0.05, 0.1) is 35.2 Å². The summed E-state index contributed by atoms with van der Waals surface area (Å²) in [7, 11) is 0.631. The van der Waals surface area contributed by atoms with Crippen molar-refractivity contribution in [1.82, 2.24) is 10.3 Å². The molecular formula is C32H25F2N3O5S2. The number of benzene rings is 3. The molecule has 0 fully saturated rings. The number of rotatable bonds is 7. The van der Waals surface area contributed by atoms with E-state index in [1.165, 1.54) is 68.9 Å². The lowest BCUT2D eigenvalue weighted by atomic mass is 10.0. The minimum atomic E-state index is -3.75. The molecule has 0 aliphatic carbocycles. The van der Waals surface area contributed by atoms with Gasteiger partial charge in [-0.1, -0.05) is 6.07 Å². The van der Waals surface area contributed by atoms with Gasteiger partial charge in [0, 0.05) is 46.8 Å². The van der Waals surface area contributed by atoms with Crippen molar-refractivity contribution in [2.24, 2.45) is 0 Å². The lowest BCUT2D eigenvalue weighted by Crippen LogP contribution is -2.25. The third kappa shape index (κ3) is 5.05. The normalized spacial score (nSPS) is 11.7. The molecule has 0 saturated heterocycles. The zero-order valence-corrected chi connectivity index (χ0v) is 25.6. The van der Waals surface area contributed by atoms with E-state index in [9.17, 15) is 22.0 Å². The molecule has 0 aliphatic rings. The van der Waals surface area contributed by atoms with E-state index in [2.05, 4.69) is 5.32 Å². The van der Waals surface area contributed by atoms with E-state index in [0.717, 1.165) is 15.3 Å². The molecule has 0 aliphatic heterocycles. The van der Waals surface area contributed by atoms with Gasteiger partial charge in [0.1, 0.15) is 34.4 Å². The second-order valence-corrected chi connectivity index (χ2v) is 13.1. The van der Waals surface area contributed by atoms with Crippen molar-refractivity contribution in [2.75, 3.05) is 31.8 Å². The fourth-order valence-corrected chi connectivity index (χ4v) is 6.59. The summed E-state index contributed by atoms with van der Waals surface area (Å²) in [6, 6.07) is 18.6. The monoisotopic (exact) mass is 633 g/mol. The number of fused-ring (bicyclic) bond motifs is 2. The molecule has 224 valence electrons. The average Bonchev–Trinajstić information content (AvgIpc) is 3.62. The first-order chi connectivity index (χ1) is 21.0. The van der Waals surface area contributed by atoms with Gasteiger partial charge in [-0.3, -0.25) is 9.10 Å². The SMILES string of the molecule is CNC(=O)c1c(-c2ccc(F)cc2)oc2cc(N(C)S(C)(=O)=O)c(-c3ccc(OC)c(-c4cc5c(F)cccc5s4)n3)cc12. The van der Waals surface area contributed by atoms with Crippen molar-refractivity contribution in [2.45, 2.75) is 0 Å². The van der Waals surface area contributed by atoms with Crippen LogP contribution in [0.4, 0.5) is 14.5 Å². The van der Waals surface area contributed by atoms with Gasteiger partial charge in [0.15, 0.2) is 0 Å². The summed E-state index contributed by atoms with van der Waals surface area (Å²) in [5.41, 5.74) is 2.33. The van der Waals surface area contributed by atoms with Crippen molar-refractivity contribution in [3.05, 3.63) is 90.0 Å². The van der Waals surface area contributed by atoms with Crippen LogP contribution in [0, 0.1) is 11.6 Å². The molecule has 8 nitrogen and oxygen atoms in total. The number of nitrogens with zero attached hydrogens (tertiary/aromatic N) is 2. The van der Waals surface area contributed by atoms with Gasteiger partial charge in [-0.15, -0.1) is 11.3 Å². The molecule has 1 amide bonds. The number of sulfonamides is 1. The number of methoxy groups -OCH3 is 1. The molecule has 3 aromatic heterocycles. The molecule has 0 atom stereocenters. The average molecular weight is 634 g/mol. The van der Waals surface area contributed by atoms with Crippen LogP contribution in [0.2, 0.25) is 0 Å². The second kappa shape index (κ2) is 11.0. The lowest BCUT2D eigenvalue weighted by molar-refractivity contribution is 0.0964. The number of ether oxygens (including phenoxy) is 1. The number of furan rings is 1. The number of anilines is 1. The van der Waals surface area contributed by atoms with E-state index < -0.39 is 21.7 Å². The summed E-state index contributed by atoms with van der Waals surface area (Å²) in [6.45, 7) is 0. The number of hydrogen-bond acceptors (Lipinski definition) is 7. The van der Waals surface area contributed by atoms with Gasteiger partial charge in [0.25, 0.3) is 5.91 Å². The number of carbonyl (C=O) groups is 1. The number of carbonyl (C=O) groups excluding carboxylic acids is 1. The van der Waals surface area contributed by atoms with Gasteiger partial charge >= 0.3 is 0 Å². The highest BCUT2D eigenvalue weighted by molar-refractivity contribution is 7.92. The Bertz CT molecular complexity index is 2190. The summed E-state index contributed by atoms with van der Waals surface area (Å²) in [4.78, 5) is 18.7. The zero-order valence-electron chi connectivity index (χ0n) is 23.9. The Labute approximate surface area is 255 Å². The molecule has 44 heavy (non-hydrogen) atoms. The van der Waals surface area contributed by atoms with E-state index in [1.807, 2.05) is 6.07 Å². The molecule has 1 N–H and O–H groups in total. The Hall–Kier alpha value is -4.81. The number of halogens is 2. The van der Waals surface area contributed by atoms with Crippen molar-refractivity contribution >= 4 is 54.0 Å². The smallest absolute Gasteiger partial charge is 0.255 e. The van der Waals surface area contributed by atoms with Crippen LogP contribution in [-0.2, 0) is 10.0 Å². The Morgan fingerprint density at radius 2 is 1.77 bits per heavy atom.